The number of hydrogen-bond acceptors (Lipinski definition) is 1. The number of halogens is 1. The molecule has 0 saturated carbocycles. The van der Waals surface area contributed by atoms with E-state index in [1.54, 1.807) is 0 Å². The SMILES string of the molecule is C[Si](C)(C)OC1CC=CCC1Br. The molecule has 2 unspecified atom stereocenters. The molecule has 1 aliphatic carbocycles. The minimum absolute atomic E-state index is 0.404. The van der Waals surface area contributed by atoms with Crippen molar-refractivity contribution in [2.45, 2.75) is 43.4 Å². The second kappa shape index (κ2) is 4.07. The fourth-order valence-corrected chi connectivity index (χ4v) is 3.24. The maximum absolute atomic E-state index is 6.03. The summed E-state index contributed by atoms with van der Waals surface area (Å²) in [6, 6.07) is 0. The van der Waals surface area contributed by atoms with E-state index in [2.05, 4.69) is 47.7 Å². The van der Waals surface area contributed by atoms with Gasteiger partial charge in [0.1, 0.15) is 0 Å². The molecule has 0 amide bonds. The summed E-state index contributed by atoms with van der Waals surface area (Å²) >= 11 is 3.65. The first-order chi connectivity index (χ1) is 5.49. The number of alkyl halides is 1. The molecule has 0 aliphatic heterocycles. The first-order valence-corrected chi connectivity index (χ1v) is 8.78. The van der Waals surface area contributed by atoms with Crippen molar-refractivity contribution in [3.8, 4) is 0 Å². The Bertz CT molecular complexity index is 174. The lowest BCUT2D eigenvalue weighted by atomic mass is 10.1. The van der Waals surface area contributed by atoms with Crippen LogP contribution in [0.3, 0.4) is 0 Å². The van der Waals surface area contributed by atoms with E-state index in [1.165, 1.54) is 0 Å². The van der Waals surface area contributed by atoms with Crippen LogP contribution in [0.1, 0.15) is 12.8 Å². The fraction of sp³-hybridized carbons (Fsp3) is 0.778. The van der Waals surface area contributed by atoms with Gasteiger partial charge in [-0.25, -0.2) is 0 Å². The van der Waals surface area contributed by atoms with E-state index in [0.29, 0.717) is 10.9 Å². The summed E-state index contributed by atoms with van der Waals surface area (Å²) in [5, 5.41) is 0. The van der Waals surface area contributed by atoms with Gasteiger partial charge in [0.05, 0.1) is 6.10 Å². The first-order valence-electron chi connectivity index (χ1n) is 4.46. The normalized spacial score (nSPS) is 30.7. The largest absolute Gasteiger partial charge is 0.413 e. The van der Waals surface area contributed by atoms with Crippen LogP contribution in [-0.4, -0.2) is 19.2 Å². The van der Waals surface area contributed by atoms with Crippen LogP contribution in [0.2, 0.25) is 19.6 Å². The highest BCUT2D eigenvalue weighted by Gasteiger charge is 2.26. The Kier molecular flexibility index (Phi) is 3.55. The Morgan fingerprint density at radius 2 is 1.83 bits per heavy atom. The maximum atomic E-state index is 6.03. The van der Waals surface area contributed by atoms with Gasteiger partial charge < -0.3 is 4.43 Å². The molecule has 0 fully saturated rings. The third kappa shape index (κ3) is 3.41. The molecule has 1 aliphatic rings. The van der Waals surface area contributed by atoms with E-state index < -0.39 is 8.32 Å². The quantitative estimate of drug-likeness (QED) is 0.414. The van der Waals surface area contributed by atoms with Gasteiger partial charge in [-0.1, -0.05) is 28.1 Å². The Hall–Kier alpha value is 0.397. The third-order valence-electron chi connectivity index (χ3n) is 1.80. The van der Waals surface area contributed by atoms with E-state index in [1.807, 2.05) is 0 Å². The minimum Gasteiger partial charge on any atom is -0.413 e. The van der Waals surface area contributed by atoms with Crippen LogP contribution >= 0.6 is 15.9 Å². The molecule has 12 heavy (non-hydrogen) atoms. The first kappa shape index (κ1) is 10.5. The lowest BCUT2D eigenvalue weighted by Gasteiger charge is -2.30. The molecule has 2 atom stereocenters. The van der Waals surface area contributed by atoms with Gasteiger partial charge >= 0.3 is 0 Å². The van der Waals surface area contributed by atoms with Crippen molar-refractivity contribution in [1.29, 1.82) is 0 Å². The van der Waals surface area contributed by atoms with Crippen molar-refractivity contribution in [1.82, 2.24) is 0 Å². The topological polar surface area (TPSA) is 9.23 Å². The second-order valence-electron chi connectivity index (χ2n) is 4.23. The van der Waals surface area contributed by atoms with Crippen molar-refractivity contribution < 1.29 is 4.43 Å². The van der Waals surface area contributed by atoms with Crippen LogP contribution < -0.4 is 0 Å². The number of hydrogen-bond donors (Lipinski definition) is 0. The van der Waals surface area contributed by atoms with Gasteiger partial charge in [0.25, 0.3) is 0 Å². The van der Waals surface area contributed by atoms with Crippen LogP contribution in [-0.2, 0) is 4.43 Å². The van der Waals surface area contributed by atoms with Crippen LogP contribution in [0, 0.1) is 0 Å². The van der Waals surface area contributed by atoms with Crippen LogP contribution in [0.5, 0.6) is 0 Å². The van der Waals surface area contributed by atoms with Crippen LogP contribution in [0.4, 0.5) is 0 Å². The van der Waals surface area contributed by atoms with Gasteiger partial charge in [-0.3, -0.25) is 0 Å². The lowest BCUT2D eigenvalue weighted by molar-refractivity contribution is 0.191. The van der Waals surface area contributed by atoms with Gasteiger partial charge in [0.2, 0.25) is 0 Å². The predicted molar refractivity (Wildman–Crippen MR) is 59.3 cm³/mol. The highest BCUT2D eigenvalue weighted by Crippen LogP contribution is 2.24. The van der Waals surface area contributed by atoms with Crippen LogP contribution in [0.25, 0.3) is 0 Å². The lowest BCUT2D eigenvalue weighted by Crippen LogP contribution is -2.37. The molecule has 1 nitrogen and oxygen atoms in total. The average Bonchev–Trinajstić information content (AvgIpc) is 1.91. The Morgan fingerprint density at radius 3 is 2.33 bits per heavy atom. The molecule has 0 heterocycles. The Morgan fingerprint density at radius 1 is 1.25 bits per heavy atom. The minimum atomic E-state index is -1.35. The zero-order valence-electron chi connectivity index (χ0n) is 8.01. The highest BCUT2D eigenvalue weighted by atomic mass is 79.9. The van der Waals surface area contributed by atoms with Gasteiger partial charge in [-0.2, -0.15) is 0 Å². The monoisotopic (exact) mass is 248 g/mol. The molecular formula is C9H17BrOSi. The van der Waals surface area contributed by atoms with Crippen molar-refractivity contribution >= 4 is 24.2 Å². The summed E-state index contributed by atoms with van der Waals surface area (Å²) in [5.74, 6) is 0. The maximum Gasteiger partial charge on any atom is 0.184 e. The van der Waals surface area contributed by atoms with Gasteiger partial charge in [-0.15, -0.1) is 0 Å². The van der Waals surface area contributed by atoms with E-state index in [4.69, 9.17) is 4.43 Å². The summed E-state index contributed by atoms with van der Waals surface area (Å²) < 4.78 is 6.03. The summed E-state index contributed by atoms with van der Waals surface area (Å²) in [5.41, 5.74) is 0. The van der Waals surface area contributed by atoms with Gasteiger partial charge in [0, 0.05) is 4.83 Å². The fourth-order valence-electron chi connectivity index (χ4n) is 1.33. The summed E-state index contributed by atoms with van der Waals surface area (Å²) in [6.07, 6.45) is 7.03. The van der Waals surface area contributed by atoms with E-state index >= 15 is 0 Å². The van der Waals surface area contributed by atoms with E-state index in [-0.39, 0.29) is 0 Å². The average molecular weight is 249 g/mol. The molecule has 0 aromatic heterocycles. The van der Waals surface area contributed by atoms with E-state index in [9.17, 15) is 0 Å². The molecule has 1 rings (SSSR count). The molecule has 0 spiro atoms. The highest BCUT2D eigenvalue weighted by molar-refractivity contribution is 9.09. The van der Waals surface area contributed by atoms with Crippen molar-refractivity contribution in [2.24, 2.45) is 0 Å². The molecule has 0 aromatic carbocycles. The molecule has 0 N–H and O–H groups in total. The summed E-state index contributed by atoms with van der Waals surface area (Å²) in [6.45, 7) is 6.72. The van der Waals surface area contributed by atoms with Gasteiger partial charge in [0.15, 0.2) is 8.32 Å². The molecule has 0 saturated heterocycles. The summed E-state index contributed by atoms with van der Waals surface area (Å²) in [4.78, 5) is 0.522. The predicted octanol–water partition coefficient (Wildman–Crippen LogP) is 3.32. The molecule has 70 valence electrons. The number of allylic oxidation sites excluding steroid dienone is 1. The zero-order chi connectivity index (χ0) is 9.19. The summed E-state index contributed by atoms with van der Waals surface area (Å²) in [7, 11) is -1.35. The van der Waals surface area contributed by atoms with Gasteiger partial charge in [-0.05, 0) is 32.5 Å². The molecule has 0 aromatic rings. The standard InChI is InChI=1S/C9H17BrOSi/c1-12(2,3)11-9-7-5-4-6-8(9)10/h4-5,8-9H,6-7H2,1-3H3. The molecule has 3 heteroatoms. The van der Waals surface area contributed by atoms with Crippen molar-refractivity contribution in [3.63, 3.8) is 0 Å². The smallest absolute Gasteiger partial charge is 0.184 e. The second-order valence-corrected chi connectivity index (χ2v) is 9.86. The Labute approximate surface area is 84.4 Å². The zero-order valence-corrected chi connectivity index (χ0v) is 10.6. The van der Waals surface area contributed by atoms with Crippen LogP contribution in [0.15, 0.2) is 12.2 Å². The van der Waals surface area contributed by atoms with Crippen molar-refractivity contribution in [2.75, 3.05) is 0 Å². The molecule has 0 radical (unpaired) electrons. The van der Waals surface area contributed by atoms with Crippen molar-refractivity contribution in [3.05, 3.63) is 12.2 Å². The number of rotatable bonds is 2. The molecular weight excluding hydrogens is 232 g/mol. The Balaban J connectivity index is 2.46. The molecule has 0 bridgehead atoms. The third-order valence-corrected chi connectivity index (χ3v) is 3.78. The van der Waals surface area contributed by atoms with E-state index in [0.717, 1.165) is 12.8 Å².